The van der Waals surface area contributed by atoms with Gasteiger partial charge < -0.3 is 10.4 Å². The lowest BCUT2D eigenvalue weighted by atomic mass is 10.2. The highest BCUT2D eigenvalue weighted by molar-refractivity contribution is 7.10. The molecule has 0 aliphatic rings. The van der Waals surface area contributed by atoms with Gasteiger partial charge in [-0.3, -0.25) is 4.79 Å². The number of hydrogen-bond donors (Lipinski definition) is 2. The molecule has 1 heterocycles. The number of amides is 1. The number of carbonyl (C=O) groups is 1. The number of anilines is 1. The van der Waals surface area contributed by atoms with Crippen molar-refractivity contribution in [1.29, 1.82) is 0 Å². The molecule has 0 aliphatic heterocycles. The van der Waals surface area contributed by atoms with Crippen LogP contribution in [0.1, 0.15) is 21.7 Å². The predicted molar refractivity (Wildman–Crippen MR) is 77.2 cm³/mol. The summed E-state index contributed by atoms with van der Waals surface area (Å²) in [6.07, 6.45) is 0.363. The molecule has 1 aromatic heterocycles. The fourth-order valence-electron chi connectivity index (χ4n) is 1.56. The Kier molecular flexibility index (Phi) is 5.04. The highest BCUT2D eigenvalue weighted by atomic mass is 32.1. The molecule has 0 bridgehead atoms. The minimum absolute atomic E-state index is 0.0170. The van der Waals surface area contributed by atoms with E-state index in [1.165, 1.54) is 11.3 Å². The van der Waals surface area contributed by atoms with Crippen LogP contribution in [-0.2, 0) is 0 Å². The number of aliphatic hydroxyl groups excluding tert-OH is 1. The van der Waals surface area contributed by atoms with Gasteiger partial charge in [0.1, 0.15) is 11.6 Å². The zero-order chi connectivity index (χ0) is 15.2. The minimum Gasteiger partial charge on any atom is -0.395 e. The molecule has 108 valence electrons. The van der Waals surface area contributed by atoms with Crippen LogP contribution in [0.2, 0.25) is 0 Å². The molecule has 0 spiro atoms. The van der Waals surface area contributed by atoms with Crippen molar-refractivity contribution in [2.75, 3.05) is 11.9 Å². The summed E-state index contributed by atoms with van der Waals surface area (Å²) in [4.78, 5) is 12.6. The van der Waals surface area contributed by atoms with Crippen LogP contribution in [0, 0.1) is 23.5 Å². The average molecular weight is 307 g/mol. The quantitative estimate of drug-likeness (QED) is 0.856. The van der Waals surface area contributed by atoms with Crippen LogP contribution in [0.5, 0.6) is 0 Å². The molecule has 6 heteroatoms. The van der Waals surface area contributed by atoms with Crippen molar-refractivity contribution in [3.05, 3.63) is 51.7 Å². The van der Waals surface area contributed by atoms with Crippen molar-refractivity contribution in [3.8, 4) is 11.8 Å². The Labute approximate surface area is 124 Å². The van der Waals surface area contributed by atoms with Crippen molar-refractivity contribution < 1.29 is 18.7 Å². The molecule has 0 saturated carbocycles. The molecular weight excluding hydrogens is 296 g/mol. The van der Waals surface area contributed by atoms with Crippen molar-refractivity contribution >= 4 is 22.9 Å². The maximum atomic E-state index is 13.0. The standard InChI is InChI=1S/C15H11F2NO2S/c16-11-6-12(17)8-13(7-11)18-15(20)10-5-14(21-9-10)3-1-2-4-19/h5-9,19H,2,4H2,(H,18,20). The van der Waals surface area contributed by atoms with E-state index in [4.69, 9.17) is 5.11 Å². The molecule has 0 radical (unpaired) electrons. The molecule has 0 saturated heterocycles. The van der Waals surface area contributed by atoms with Crippen LogP contribution in [0.4, 0.5) is 14.5 Å². The van der Waals surface area contributed by atoms with Crippen LogP contribution in [0.25, 0.3) is 0 Å². The Hall–Kier alpha value is -2.23. The van der Waals surface area contributed by atoms with E-state index in [0.717, 1.165) is 18.2 Å². The summed E-state index contributed by atoms with van der Waals surface area (Å²) in [7, 11) is 0. The highest BCUT2D eigenvalue weighted by Gasteiger charge is 2.10. The number of hydrogen-bond acceptors (Lipinski definition) is 3. The van der Waals surface area contributed by atoms with E-state index < -0.39 is 17.5 Å². The van der Waals surface area contributed by atoms with E-state index >= 15 is 0 Å². The molecule has 2 aromatic rings. The van der Waals surface area contributed by atoms with Gasteiger partial charge in [-0.1, -0.05) is 11.8 Å². The molecule has 1 aromatic carbocycles. The van der Waals surface area contributed by atoms with E-state index in [1.807, 2.05) is 0 Å². The smallest absolute Gasteiger partial charge is 0.256 e. The summed E-state index contributed by atoms with van der Waals surface area (Å²) >= 11 is 1.28. The zero-order valence-corrected chi connectivity index (χ0v) is 11.6. The van der Waals surface area contributed by atoms with Gasteiger partial charge in [0, 0.05) is 23.6 Å². The van der Waals surface area contributed by atoms with Gasteiger partial charge in [-0.25, -0.2) is 8.78 Å². The average Bonchev–Trinajstić information content (AvgIpc) is 2.86. The Balaban J connectivity index is 2.09. The van der Waals surface area contributed by atoms with Crippen molar-refractivity contribution in [1.82, 2.24) is 0 Å². The first-order valence-electron chi connectivity index (χ1n) is 6.04. The fourth-order valence-corrected chi connectivity index (χ4v) is 2.31. The first-order valence-corrected chi connectivity index (χ1v) is 6.92. The van der Waals surface area contributed by atoms with Gasteiger partial charge in [0.2, 0.25) is 0 Å². The molecule has 2 rings (SSSR count). The third-order valence-electron chi connectivity index (χ3n) is 2.43. The van der Waals surface area contributed by atoms with Gasteiger partial charge in [-0.15, -0.1) is 11.3 Å². The molecule has 2 N–H and O–H groups in total. The van der Waals surface area contributed by atoms with E-state index in [2.05, 4.69) is 17.2 Å². The summed E-state index contributed by atoms with van der Waals surface area (Å²) in [6.45, 7) is -0.0170. The summed E-state index contributed by atoms with van der Waals surface area (Å²) in [5.41, 5.74) is 0.412. The van der Waals surface area contributed by atoms with Crippen molar-refractivity contribution in [2.24, 2.45) is 0 Å². The summed E-state index contributed by atoms with van der Waals surface area (Å²) in [5.74, 6) is 3.58. The van der Waals surface area contributed by atoms with Gasteiger partial charge >= 0.3 is 0 Å². The number of thiophene rings is 1. The number of halogens is 2. The Bertz CT molecular complexity index is 696. The lowest BCUT2D eigenvalue weighted by Gasteiger charge is -2.03. The van der Waals surface area contributed by atoms with Gasteiger partial charge in [-0.05, 0) is 18.2 Å². The number of nitrogens with one attached hydrogen (secondary N) is 1. The van der Waals surface area contributed by atoms with Crippen molar-refractivity contribution in [3.63, 3.8) is 0 Å². The first-order chi connectivity index (χ1) is 10.1. The molecule has 1 amide bonds. The maximum absolute atomic E-state index is 13.0. The van der Waals surface area contributed by atoms with Crippen molar-refractivity contribution in [2.45, 2.75) is 6.42 Å². The third-order valence-corrected chi connectivity index (χ3v) is 3.28. The fraction of sp³-hybridized carbons (Fsp3) is 0.133. The van der Waals surface area contributed by atoms with Gasteiger partial charge in [0.15, 0.2) is 0 Å². The predicted octanol–water partition coefficient (Wildman–Crippen LogP) is 3.01. The molecular formula is C15H11F2NO2S. The summed E-state index contributed by atoms with van der Waals surface area (Å²) in [5, 5.41) is 12.6. The molecule has 3 nitrogen and oxygen atoms in total. The van der Waals surface area contributed by atoms with Gasteiger partial charge in [0.05, 0.1) is 17.0 Å². The highest BCUT2D eigenvalue weighted by Crippen LogP contribution is 2.17. The second kappa shape index (κ2) is 6.97. The van der Waals surface area contributed by atoms with Crippen LogP contribution < -0.4 is 5.32 Å². The second-order valence-corrected chi connectivity index (χ2v) is 5.00. The normalized spacial score (nSPS) is 9.86. The lowest BCUT2D eigenvalue weighted by Crippen LogP contribution is -2.11. The third kappa shape index (κ3) is 4.38. The summed E-state index contributed by atoms with van der Waals surface area (Å²) < 4.78 is 26.1. The maximum Gasteiger partial charge on any atom is 0.256 e. The molecule has 0 atom stereocenters. The summed E-state index contributed by atoms with van der Waals surface area (Å²) in [6, 6.07) is 4.39. The number of benzene rings is 1. The SMILES string of the molecule is O=C(Nc1cc(F)cc(F)c1)c1csc(C#CCCO)c1. The van der Waals surface area contributed by atoms with Crippen LogP contribution >= 0.6 is 11.3 Å². The van der Waals surface area contributed by atoms with E-state index in [-0.39, 0.29) is 12.3 Å². The van der Waals surface area contributed by atoms with Crippen LogP contribution in [0.15, 0.2) is 29.6 Å². The van der Waals surface area contributed by atoms with E-state index in [9.17, 15) is 13.6 Å². The molecule has 0 aliphatic carbocycles. The van der Waals surface area contributed by atoms with Crippen LogP contribution in [-0.4, -0.2) is 17.6 Å². The minimum atomic E-state index is -0.758. The lowest BCUT2D eigenvalue weighted by molar-refractivity contribution is 0.102. The first kappa shape index (κ1) is 15.2. The number of aliphatic hydroxyl groups is 1. The molecule has 21 heavy (non-hydrogen) atoms. The Morgan fingerprint density at radius 2 is 1.95 bits per heavy atom. The molecule has 0 fully saturated rings. The Morgan fingerprint density at radius 3 is 2.62 bits per heavy atom. The number of carbonyl (C=O) groups excluding carboxylic acids is 1. The second-order valence-electron chi connectivity index (χ2n) is 4.09. The zero-order valence-electron chi connectivity index (χ0n) is 10.8. The van der Waals surface area contributed by atoms with E-state index in [1.54, 1.807) is 11.4 Å². The van der Waals surface area contributed by atoms with Gasteiger partial charge in [0.25, 0.3) is 5.91 Å². The monoisotopic (exact) mass is 307 g/mol. The van der Waals surface area contributed by atoms with Gasteiger partial charge in [-0.2, -0.15) is 0 Å². The topological polar surface area (TPSA) is 49.3 Å². The largest absolute Gasteiger partial charge is 0.395 e. The van der Waals surface area contributed by atoms with E-state index in [0.29, 0.717) is 16.9 Å². The van der Waals surface area contributed by atoms with Crippen LogP contribution in [0.3, 0.4) is 0 Å². The molecule has 0 unspecified atom stereocenters. The number of rotatable bonds is 3. The Morgan fingerprint density at radius 1 is 1.24 bits per heavy atom.